The van der Waals surface area contributed by atoms with Crippen LogP contribution in [0.1, 0.15) is 21.6 Å². The van der Waals surface area contributed by atoms with Gasteiger partial charge in [-0.1, -0.05) is 0 Å². The number of hydrogen-bond acceptors (Lipinski definition) is 4. The minimum atomic E-state index is -0.0323. The van der Waals surface area contributed by atoms with E-state index in [-0.39, 0.29) is 5.91 Å². The molecule has 1 aliphatic rings. The molecule has 1 N–H and O–H groups in total. The summed E-state index contributed by atoms with van der Waals surface area (Å²) in [6.07, 6.45) is 0.791. The monoisotopic (exact) mass is 366 g/mol. The van der Waals surface area contributed by atoms with Gasteiger partial charge in [0.05, 0.1) is 21.3 Å². The average molecular weight is 366 g/mol. The highest BCUT2D eigenvalue weighted by molar-refractivity contribution is 5.96. The summed E-state index contributed by atoms with van der Waals surface area (Å²) in [5.74, 6) is 1.99. The Morgan fingerprint density at radius 1 is 0.963 bits per heavy atom. The topological polar surface area (TPSA) is 63.8 Å². The van der Waals surface area contributed by atoms with E-state index in [9.17, 15) is 4.79 Å². The lowest BCUT2D eigenvalue weighted by Gasteiger charge is -2.27. The number of fused-ring (bicyclic) bond motifs is 3. The van der Waals surface area contributed by atoms with Gasteiger partial charge in [0.1, 0.15) is 17.2 Å². The van der Waals surface area contributed by atoms with E-state index in [4.69, 9.17) is 14.2 Å². The summed E-state index contributed by atoms with van der Waals surface area (Å²) in [6, 6.07) is 11.2. The summed E-state index contributed by atoms with van der Waals surface area (Å²) >= 11 is 0. The van der Waals surface area contributed by atoms with Crippen LogP contribution in [0.15, 0.2) is 36.4 Å². The van der Waals surface area contributed by atoms with Gasteiger partial charge in [0.2, 0.25) is 0 Å². The highest BCUT2D eigenvalue weighted by Gasteiger charge is 2.25. The highest BCUT2D eigenvalue weighted by atomic mass is 16.5. The van der Waals surface area contributed by atoms with Crippen molar-refractivity contribution in [3.05, 3.63) is 53.2 Å². The first-order valence-corrected chi connectivity index (χ1v) is 8.82. The lowest BCUT2D eigenvalue weighted by molar-refractivity contribution is 0.0734. The second-order valence-electron chi connectivity index (χ2n) is 6.57. The third-order valence-electron chi connectivity index (χ3n) is 5.07. The third kappa shape index (κ3) is 3.07. The summed E-state index contributed by atoms with van der Waals surface area (Å²) in [4.78, 5) is 18.4. The number of nitrogens with zero attached hydrogens (tertiary/aromatic N) is 1. The van der Waals surface area contributed by atoms with Gasteiger partial charge >= 0.3 is 0 Å². The average Bonchev–Trinajstić information content (AvgIpc) is 3.09. The standard InChI is InChI=1S/C21H22N2O4/c1-25-14-4-5-19-17(11-14)18-12-23(7-6-20(18)22-19)21(24)13-8-15(26-2)10-16(9-13)27-3/h4-5,8-11,22H,6-7,12H2,1-3H3. The number of hydrogen-bond donors (Lipinski definition) is 1. The van der Waals surface area contributed by atoms with Crippen LogP contribution in [0, 0.1) is 0 Å². The molecule has 27 heavy (non-hydrogen) atoms. The number of nitrogens with one attached hydrogen (secondary N) is 1. The van der Waals surface area contributed by atoms with Gasteiger partial charge < -0.3 is 24.1 Å². The van der Waals surface area contributed by atoms with Crippen LogP contribution in [0.5, 0.6) is 17.2 Å². The van der Waals surface area contributed by atoms with E-state index >= 15 is 0 Å². The van der Waals surface area contributed by atoms with Crippen molar-refractivity contribution in [2.24, 2.45) is 0 Å². The molecule has 1 aromatic heterocycles. The molecule has 3 aromatic rings. The summed E-state index contributed by atoms with van der Waals surface area (Å²) in [5, 5.41) is 1.10. The van der Waals surface area contributed by atoms with Crippen molar-refractivity contribution in [1.29, 1.82) is 0 Å². The number of carbonyl (C=O) groups is 1. The van der Waals surface area contributed by atoms with E-state index in [1.807, 2.05) is 23.1 Å². The van der Waals surface area contributed by atoms with Crippen LogP contribution in [0.25, 0.3) is 10.9 Å². The van der Waals surface area contributed by atoms with E-state index < -0.39 is 0 Å². The molecular formula is C21H22N2O4. The van der Waals surface area contributed by atoms with Gasteiger partial charge in [-0.15, -0.1) is 0 Å². The fourth-order valence-corrected chi connectivity index (χ4v) is 3.61. The SMILES string of the molecule is COc1cc(OC)cc(C(=O)N2CCc3[nH]c4ccc(OC)cc4c3C2)c1. The van der Waals surface area contributed by atoms with E-state index in [2.05, 4.69) is 4.98 Å². The van der Waals surface area contributed by atoms with Crippen molar-refractivity contribution in [3.63, 3.8) is 0 Å². The zero-order chi connectivity index (χ0) is 19.0. The predicted octanol–water partition coefficient (Wildman–Crippen LogP) is 3.39. The van der Waals surface area contributed by atoms with Gasteiger partial charge in [-0.25, -0.2) is 0 Å². The summed E-state index contributed by atoms with van der Waals surface area (Å²) in [6.45, 7) is 1.22. The quantitative estimate of drug-likeness (QED) is 0.769. The Balaban J connectivity index is 1.67. The van der Waals surface area contributed by atoms with Gasteiger partial charge in [-0.3, -0.25) is 4.79 Å². The number of rotatable bonds is 4. The predicted molar refractivity (Wildman–Crippen MR) is 103 cm³/mol. The molecule has 1 aliphatic heterocycles. The second kappa shape index (κ2) is 6.87. The smallest absolute Gasteiger partial charge is 0.254 e. The van der Waals surface area contributed by atoms with E-state index in [0.29, 0.717) is 30.2 Å². The van der Waals surface area contributed by atoms with E-state index in [1.165, 1.54) is 5.69 Å². The normalized spacial score (nSPS) is 13.4. The van der Waals surface area contributed by atoms with Gasteiger partial charge in [-0.2, -0.15) is 0 Å². The van der Waals surface area contributed by atoms with Crippen LogP contribution in [-0.2, 0) is 13.0 Å². The Morgan fingerprint density at radius 3 is 2.33 bits per heavy atom. The molecule has 4 rings (SSSR count). The van der Waals surface area contributed by atoms with Crippen LogP contribution in [0.4, 0.5) is 0 Å². The zero-order valence-corrected chi connectivity index (χ0v) is 15.7. The van der Waals surface area contributed by atoms with Crippen molar-refractivity contribution in [1.82, 2.24) is 9.88 Å². The van der Waals surface area contributed by atoms with Crippen molar-refractivity contribution >= 4 is 16.8 Å². The van der Waals surface area contributed by atoms with E-state index in [0.717, 1.165) is 28.6 Å². The van der Waals surface area contributed by atoms with Crippen molar-refractivity contribution in [2.45, 2.75) is 13.0 Å². The maximum Gasteiger partial charge on any atom is 0.254 e. The number of aromatic amines is 1. The first-order valence-electron chi connectivity index (χ1n) is 8.82. The number of amides is 1. The zero-order valence-electron chi connectivity index (χ0n) is 15.7. The molecule has 6 nitrogen and oxygen atoms in total. The molecule has 0 spiro atoms. The Labute approximate surface area is 157 Å². The maximum absolute atomic E-state index is 13.1. The highest BCUT2D eigenvalue weighted by Crippen LogP contribution is 2.31. The summed E-state index contributed by atoms with van der Waals surface area (Å²) in [5.41, 5.74) is 3.97. The van der Waals surface area contributed by atoms with Gasteiger partial charge in [0, 0.05) is 53.3 Å². The summed E-state index contributed by atoms with van der Waals surface area (Å²) < 4.78 is 15.9. The number of methoxy groups -OCH3 is 3. The van der Waals surface area contributed by atoms with Gasteiger partial charge in [0.15, 0.2) is 0 Å². The molecular weight excluding hydrogens is 344 g/mol. The molecule has 0 unspecified atom stereocenters. The number of benzene rings is 2. The number of H-pyrrole nitrogens is 1. The minimum absolute atomic E-state index is 0.0323. The lowest BCUT2D eigenvalue weighted by atomic mass is 10.0. The molecule has 2 aromatic carbocycles. The second-order valence-corrected chi connectivity index (χ2v) is 6.57. The van der Waals surface area contributed by atoms with Crippen LogP contribution in [-0.4, -0.2) is 43.7 Å². The van der Waals surface area contributed by atoms with Crippen LogP contribution in [0.2, 0.25) is 0 Å². The molecule has 0 saturated heterocycles. The first kappa shape index (κ1) is 17.3. The maximum atomic E-state index is 13.1. The Hall–Kier alpha value is -3.15. The number of carbonyl (C=O) groups excluding carboxylic acids is 1. The minimum Gasteiger partial charge on any atom is -0.497 e. The van der Waals surface area contributed by atoms with Crippen LogP contribution >= 0.6 is 0 Å². The molecule has 2 heterocycles. The first-order chi connectivity index (χ1) is 13.1. The van der Waals surface area contributed by atoms with Crippen LogP contribution in [0.3, 0.4) is 0 Å². The lowest BCUT2D eigenvalue weighted by Crippen LogP contribution is -2.35. The number of aromatic nitrogens is 1. The van der Waals surface area contributed by atoms with Crippen molar-refractivity contribution in [2.75, 3.05) is 27.9 Å². The van der Waals surface area contributed by atoms with Gasteiger partial charge in [-0.05, 0) is 30.3 Å². The molecule has 6 heteroatoms. The third-order valence-corrected chi connectivity index (χ3v) is 5.07. The van der Waals surface area contributed by atoms with Crippen molar-refractivity contribution < 1.29 is 19.0 Å². The van der Waals surface area contributed by atoms with Gasteiger partial charge in [0.25, 0.3) is 5.91 Å². The molecule has 0 atom stereocenters. The van der Waals surface area contributed by atoms with E-state index in [1.54, 1.807) is 39.5 Å². The molecule has 0 bridgehead atoms. The Morgan fingerprint density at radius 2 is 1.67 bits per heavy atom. The van der Waals surface area contributed by atoms with Crippen LogP contribution < -0.4 is 14.2 Å². The number of ether oxygens (including phenoxy) is 3. The largest absolute Gasteiger partial charge is 0.497 e. The Kier molecular flexibility index (Phi) is 4.39. The molecule has 0 saturated carbocycles. The molecule has 0 radical (unpaired) electrons. The van der Waals surface area contributed by atoms with Crippen molar-refractivity contribution in [3.8, 4) is 17.2 Å². The molecule has 1 amide bonds. The Bertz CT molecular complexity index is 987. The fraction of sp³-hybridized carbons (Fsp3) is 0.286. The summed E-state index contributed by atoms with van der Waals surface area (Å²) in [7, 11) is 4.82. The molecule has 0 aliphatic carbocycles. The fourth-order valence-electron chi connectivity index (χ4n) is 3.61. The molecule has 0 fully saturated rings. The molecule has 140 valence electrons.